The van der Waals surface area contributed by atoms with E-state index < -0.39 is 11.2 Å². The molecule has 1 aromatic heterocycles. The summed E-state index contributed by atoms with van der Waals surface area (Å²) in [7, 11) is 1.41. The average Bonchev–Trinajstić information content (AvgIpc) is 2.01. The minimum atomic E-state index is -0.498. The van der Waals surface area contributed by atoms with E-state index in [1.807, 2.05) is 0 Å². The average molecular weight is 170 g/mol. The molecule has 66 valence electrons. The molecule has 0 aromatic carbocycles. The van der Waals surface area contributed by atoms with Gasteiger partial charge in [0.1, 0.15) is 0 Å². The minimum absolute atomic E-state index is 0.310. The summed E-state index contributed by atoms with van der Waals surface area (Å²) >= 11 is 0. The van der Waals surface area contributed by atoms with Crippen molar-refractivity contribution >= 4 is 0 Å². The molecule has 1 N–H and O–H groups in total. The molecule has 0 aliphatic rings. The second kappa shape index (κ2) is 2.84. The lowest BCUT2D eigenvalue weighted by Crippen LogP contribution is -2.37. The first-order valence-electron chi connectivity index (χ1n) is 3.57. The van der Waals surface area contributed by atoms with E-state index in [9.17, 15) is 9.59 Å². The van der Waals surface area contributed by atoms with Crippen molar-refractivity contribution in [2.24, 2.45) is 7.05 Å². The van der Waals surface area contributed by atoms with E-state index in [0.29, 0.717) is 6.54 Å². The van der Waals surface area contributed by atoms with Gasteiger partial charge in [-0.05, 0) is 6.92 Å². The number of aromatic hydroxyl groups is 1. The van der Waals surface area contributed by atoms with Gasteiger partial charge in [0.25, 0.3) is 5.56 Å². The van der Waals surface area contributed by atoms with E-state index in [2.05, 4.69) is 0 Å². The fraction of sp³-hybridized carbons (Fsp3) is 0.429. The van der Waals surface area contributed by atoms with Gasteiger partial charge >= 0.3 is 5.69 Å². The predicted molar refractivity (Wildman–Crippen MR) is 43.3 cm³/mol. The fourth-order valence-electron chi connectivity index (χ4n) is 0.950. The largest absolute Gasteiger partial charge is 0.494 e. The highest BCUT2D eigenvalue weighted by atomic mass is 16.3. The van der Waals surface area contributed by atoms with Crippen molar-refractivity contribution < 1.29 is 5.11 Å². The Morgan fingerprint density at radius 3 is 2.58 bits per heavy atom. The molecule has 12 heavy (non-hydrogen) atoms. The quantitative estimate of drug-likeness (QED) is 0.604. The van der Waals surface area contributed by atoms with Crippen molar-refractivity contribution in [1.82, 2.24) is 9.13 Å². The van der Waals surface area contributed by atoms with Crippen molar-refractivity contribution in [3.63, 3.8) is 0 Å². The SMILES string of the molecule is CCn1c(=O)cc(O)n(C)c1=O. The van der Waals surface area contributed by atoms with E-state index in [1.54, 1.807) is 6.92 Å². The summed E-state index contributed by atoms with van der Waals surface area (Å²) in [5.41, 5.74) is -0.972. The van der Waals surface area contributed by atoms with E-state index >= 15 is 0 Å². The Balaban J connectivity index is 3.64. The Morgan fingerprint density at radius 2 is 2.08 bits per heavy atom. The summed E-state index contributed by atoms with van der Waals surface area (Å²) in [6, 6.07) is 1.02. The Kier molecular flexibility index (Phi) is 2.03. The highest BCUT2D eigenvalue weighted by molar-refractivity contribution is 5.05. The number of hydrogen-bond donors (Lipinski definition) is 1. The molecule has 0 fully saturated rings. The molecule has 0 aliphatic heterocycles. The maximum Gasteiger partial charge on any atom is 0.333 e. The van der Waals surface area contributed by atoms with Crippen LogP contribution in [0.5, 0.6) is 5.88 Å². The Labute approximate surface area is 68.5 Å². The Bertz CT molecular complexity index is 402. The molecule has 0 atom stereocenters. The number of hydrogen-bond acceptors (Lipinski definition) is 3. The summed E-state index contributed by atoms with van der Waals surface area (Å²) in [6.45, 7) is 2.01. The van der Waals surface area contributed by atoms with Gasteiger partial charge in [0.15, 0.2) is 5.88 Å². The molecule has 0 saturated carbocycles. The maximum atomic E-state index is 11.2. The minimum Gasteiger partial charge on any atom is -0.494 e. The first-order valence-corrected chi connectivity index (χ1v) is 3.57. The van der Waals surface area contributed by atoms with Gasteiger partial charge in [0.2, 0.25) is 0 Å². The Hall–Kier alpha value is -1.52. The molecule has 0 bridgehead atoms. The topological polar surface area (TPSA) is 64.2 Å². The van der Waals surface area contributed by atoms with Crippen LogP contribution in [0.2, 0.25) is 0 Å². The van der Waals surface area contributed by atoms with Crippen LogP contribution >= 0.6 is 0 Å². The zero-order valence-electron chi connectivity index (χ0n) is 6.94. The summed E-state index contributed by atoms with van der Waals surface area (Å²) in [4.78, 5) is 22.2. The fourth-order valence-corrected chi connectivity index (χ4v) is 0.950. The van der Waals surface area contributed by atoms with Gasteiger partial charge in [0, 0.05) is 13.6 Å². The van der Waals surface area contributed by atoms with Crippen LogP contribution in [-0.4, -0.2) is 14.2 Å². The van der Waals surface area contributed by atoms with Crippen molar-refractivity contribution in [2.45, 2.75) is 13.5 Å². The lowest BCUT2D eigenvalue weighted by molar-refractivity contribution is 0.408. The van der Waals surface area contributed by atoms with Crippen LogP contribution in [0.4, 0.5) is 0 Å². The lowest BCUT2D eigenvalue weighted by atomic mass is 10.5. The third kappa shape index (κ3) is 1.13. The lowest BCUT2D eigenvalue weighted by Gasteiger charge is -2.04. The Morgan fingerprint density at radius 1 is 1.50 bits per heavy atom. The summed E-state index contributed by atoms with van der Waals surface area (Å²) in [5, 5.41) is 9.05. The van der Waals surface area contributed by atoms with Gasteiger partial charge in [-0.1, -0.05) is 0 Å². The third-order valence-electron chi connectivity index (χ3n) is 1.70. The number of rotatable bonds is 1. The van der Waals surface area contributed by atoms with Crippen molar-refractivity contribution in [3.05, 3.63) is 26.9 Å². The smallest absolute Gasteiger partial charge is 0.333 e. The van der Waals surface area contributed by atoms with E-state index in [-0.39, 0.29) is 5.88 Å². The van der Waals surface area contributed by atoms with Crippen molar-refractivity contribution in [3.8, 4) is 5.88 Å². The molecule has 0 saturated heterocycles. The monoisotopic (exact) mass is 170 g/mol. The molecule has 5 heteroatoms. The highest BCUT2D eigenvalue weighted by Gasteiger charge is 2.04. The second-order valence-electron chi connectivity index (χ2n) is 2.43. The van der Waals surface area contributed by atoms with Gasteiger partial charge in [-0.25, -0.2) is 4.79 Å². The van der Waals surface area contributed by atoms with Crippen molar-refractivity contribution in [1.29, 1.82) is 0 Å². The second-order valence-corrected chi connectivity index (χ2v) is 2.43. The zero-order chi connectivity index (χ0) is 9.30. The summed E-state index contributed by atoms with van der Waals surface area (Å²) < 4.78 is 2.06. The van der Waals surface area contributed by atoms with Crippen LogP contribution in [0.15, 0.2) is 15.7 Å². The van der Waals surface area contributed by atoms with Gasteiger partial charge in [0.05, 0.1) is 6.07 Å². The van der Waals surface area contributed by atoms with Gasteiger partial charge < -0.3 is 5.11 Å². The predicted octanol–water partition coefficient (Wildman–Crippen LogP) is -0.728. The van der Waals surface area contributed by atoms with E-state index in [4.69, 9.17) is 5.11 Å². The summed E-state index contributed by atoms with van der Waals surface area (Å²) in [6.07, 6.45) is 0. The number of nitrogens with zero attached hydrogens (tertiary/aromatic N) is 2. The van der Waals surface area contributed by atoms with E-state index in [0.717, 1.165) is 15.2 Å². The zero-order valence-corrected chi connectivity index (χ0v) is 6.94. The highest BCUT2D eigenvalue weighted by Crippen LogP contribution is 1.96. The van der Waals surface area contributed by atoms with Crippen LogP contribution in [-0.2, 0) is 13.6 Å². The molecule has 1 aromatic rings. The van der Waals surface area contributed by atoms with Gasteiger partial charge in [-0.15, -0.1) is 0 Å². The van der Waals surface area contributed by atoms with Gasteiger partial charge in [-0.2, -0.15) is 0 Å². The molecule has 0 radical (unpaired) electrons. The molecule has 0 spiro atoms. The number of aromatic nitrogens is 2. The molecule has 5 nitrogen and oxygen atoms in total. The summed E-state index contributed by atoms with van der Waals surface area (Å²) in [5.74, 6) is -0.310. The first kappa shape index (κ1) is 8.58. The van der Waals surface area contributed by atoms with Crippen molar-refractivity contribution in [2.75, 3.05) is 0 Å². The van der Waals surface area contributed by atoms with Crippen LogP contribution in [0.1, 0.15) is 6.92 Å². The molecule has 1 heterocycles. The molecular weight excluding hydrogens is 160 g/mol. The molecule has 0 amide bonds. The van der Waals surface area contributed by atoms with Crippen LogP contribution in [0.3, 0.4) is 0 Å². The van der Waals surface area contributed by atoms with Crippen LogP contribution < -0.4 is 11.2 Å². The molecule has 0 unspecified atom stereocenters. The van der Waals surface area contributed by atoms with Crippen LogP contribution in [0, 0.1) is 0 Å². The van der Waals surface area contributed by atoms with Gasteiger partial charge in [-0.3, -0.25) is 13.9 Å². The molecule has 1 rings (SSSR count). The molecular formula is C7H10N2O3. The standard InChI is InChI=1S/C7H10N2O3/c1-3-9-6(11)4-5(10)8(2)7(9)12/h4,10H,3H2,1-2H3. The van der Waals surface area contributed by atoms with E-state index in [1.165, 1.54) is 7.05 Å². The first-order chi connectivity index (χ1) is 5.57. The maximum absolute atomic E-state index is 11.2. The third-order valence-corrected chi connectivity index (χ3v) is 1.70. The normalized spacial score (nSPS) is 10.2. The van der Waals surface area contributed by atoms with Crippen LogP contribution in [0.25, 0.3) is 0 Å². The molecule has 0 aliphatic carbocycles.